The second-order valence-corrected chi connectivity index (χ2v) is 7.51. The molecule has 2 aliphatic heterocycles. The molecule has 0 spiro atoms. The van der Waals surface area contributed by atoms with Crippen LogP contribution < -0.4 is 10.3 Å². The number of carbonyl (C=O) groups is 3. The van der Waals surface area contributed by atoms with Crippen LogP contribution in [0.4, 0.5) is 11.4 Å². The van der Waals surface area contributed by atoms with Crippen LogP contribution in [0, 0.1) is 0 Å². The average Bonchev–Trinajstić information content (AvgIpc) is 3.03. The van der Waals surface area contributed by atoms with E-state index in [9.17, 15) is 14.4 Å². The van der Waals surface area contributed by atoms with Gasteiger partial charge in [0.25, 0.3) is 11.8 Å². The molecule has 0 radical (unpaired) electrons. The lowest BCUT2D eigenvalue weighted by Gasteiger charge is -2.24. The highest BCUT2D eigenvalue weighted by atomic mass is 16.2. The summed E-state index contributed by atoms with van der Waals surface area (Å²) in [5.41, 5.74) is 3.60. The van der Waals surface area contributed by atoms with Crippen molar-refractivity contribution in [3.63, 3.8) is 0 Å². The number of nitrogens with one attached hydrogen (secondary N) is 1. The van der Waals surface area contributed by atoms with Crippen molar-refractivity contribution in [1.29, 1.82) is 0 Å². The maximum absolute atomic E-state index is 12.5. The predicted molar refractivity (Wildman–Crippen MR) is 124 cm³/mol. The summed E-state index contributed by atoms with van der Waals surface area (Å²) >= 11 is 0. The van der Waals surface area contributed by atoms with Crippen LogP contribution in [0.1, 0.15) is 12.5 Å². The summed E-state index contributed by atoms with van der Waals surface area (Å²) in [4.78, 5) is 39.0. The number of anilines is 2. The van der Waals surface area contributed by atoms with Crippen molar-refractivity contribution in [1.82, 2.24) is 9.91 Å². The lowest BCUT2D eigenvalue weighted by atomic mass is 10.0. The number of hydrogen-bond acceptors (Lipinski definition) is 4. The topological polar surface area (TPSA) is 73.0 Å². The number of hydrazine groups is 1. The van der Waals surface area contributed by atoms with Gasteiger partial charge >= 0.3 is 0 Å². The van der Waals surface area contributed by atoms with E-state index in [-0.39, 0.29) is 29.8 Å². The first-order chi connectivity index (χ1) is 15.5. The van der Waals surface area contributed by atoms with Gasteiger partial charge in [0, 0.05) is 25.5 Å². The van der Waals surface area contributed by atoms with Gasteiger partial charge in [-0.1, -0.05) is 42.5 Å². The number of hydrogen-bond donors (Lipinski definition) is 1. The Labute approximate surface area is 186 Å². The predicted octanol–water partition coefficient (Wildman–Crippen LogP) is 3.20. The molecule has 0 unspecified atom stereocenters. The Morgan fingerprint density at radius 1 is 1.03 bits per heavy atom. The molecular formula is C25H24N4O3. The molecule has 3 amide bonds. The van der Waals surface area contributed by atoms with Crippen LogP contribution >= 0.6 is 0 Å². The lowest BCUT2D eigenvalue weighted by Crippen LogP contribution is -2.37. The van der Waals surface area contributed by atoms with Crippen LogP contribution in [-0.4, -0.2) is 47.8 Å². The van der Waals surface area contributed by atoms with E-state index < -0.39 is 0 Å². The van der Waals surface area contributed by atoms with Gasteiger partial charge in [0.1, 0.15) is 5.57 Å². The van der Waals surface area contributed by atoms with Crippen molar-refractivity contribution >= 4 is 34.7 Å². The highest BCUT2D eigenvalue weighted by Crippen LogP contribution is 2.27. The quantitative estimate of drug-likeness (QED) is 0.586. The Balaban J connectivity index is 1.34. The highest BCUT2D eigenvalue weighted by molar-refractivity contribution is 6.29. The van der Waals surface area contributed by atoms with Gasteiger partial charge in [-0.3, -0.25) is 14.4 Å². The normalized spacial score (nSPS) is 17.2. The number of allylic oxidation sites excluding steroid dienone is 3. The molecule has 2 aromatic carbocycles. The molecule has 32 heavy (non-hydrogen) atoms. The largest absolute Gasteiger partial charge is 0.364 e. The summed E-state index contributed by atoms with van der Waals surface area (Å²) in [6.45, 7) is 2.54. The minimum atomic E-state index is -0.364. The zero-order valence-corrected chi connectivity index (χ0v) is 18.0. The molecule has 0 aliphatic carbocycles. The molecule has 7 heteroatoms. The number of amides is 3. The van der Waals surface area contributed by atoms with Crippen molar-refractivity contribution in [2.45, 2.75) is 6.92 Å². The van der Waals surface area contributed by atoms with Crippen molar-refractivity contribution in [3.05, 3.63) is 90.2 Å². The first-order valence-corrected chi connectivity index (χ1v) is 10.3. The van der Waals surface area contributed by atoms with Gasteiger partial charge in [-0.25, -0.2) is 10.0 Å². The fraction of sp³-hybridized carbons (Fsp3) is 0.160. The molecule has 1 saturated heterocycles. The van der Waals surface area contributed by atoms with E-state index in [2.05, 4.69) is 23.5 Å². The summed E-state index contributed by atoms with van der Waals surface area (Å²) in [6.07, 6.45) is 7.55. The Bertz CT molecular complexity index is 1130. The van der Waals surface area contributed by atoms with E-state index in [0.29, 0.717) is 17.9 Å². The zero-order valence-electron chi connectivity index (χ0n) is 18.0. The third-order valence-corrected chi connectivity index (χ3v) is 5.40. The van der Waals surface area contributed by atoms with E-state index in [0.717, 1.165) is 11.1 Å². The monoisotopic (exact) mass is 428 g/mol. The SMILES string of the molecule is C/C=C1\C(=O)N(C)N(c2ccc(NC(=O)CN3C=CC(c4ccccc4)=CC3)cc2)C1=O. The number of likely N-dealkylation sites (N-methyl/N-ethyl adjacent to an activating group) is 1. The van der Waals surface area contributed by atoms with Crippen LogP contribution in [0.3, 0.4) is 0 Å². The van der Waals surface area contributed by atoms with Crippen LogP contribution in [0.25, 0.3) is 5.57 Å². The summed E-state index contributed by atoms with van der Waals surface area (Å²) < 4.78 is 0. The highest BCUT2D eigenvalue weighted by Gasteiger charge is 2.38. The Morgan fingerprint density at radius 3 is 2.34 bits per heavy atom. The van der Waals surface area contributed by atoms with Crippen LogP contribution in [0.5, 0.6) is 0 Å². The third-order valence-electron chi connectivity index (χ3n) is 5.40. The van der Waals surface area contributed by atoms with Crippen molar-refractivity contribution in [2.75, 3.05) is 30.5 Å². The van der Waals surface area contributed by atoms with Gasteiger partial charge in [0.05, 0.1) is 12.2 Å². The van der Waals surface area contributed by atoms with Gasteiger partial charge in [-0.2, -0.15) is 0 Å². The molecule has 7 nitrogen and oxygen atoms in total. The second-order valence-electron chi connectivity index (χ2n) is 7.51. The summed E-state index contributed by atoms with van der Waals surface area (Å²) in [7, 11) is 1.55. The van der Waals surface area contributed by atoms with Crippen LogP contribution in [0.15, 0.2) is 84.6 Å². The third kappa shape index (κ3) is 4.18. The average molecular weight is 428 g/mol. The Kier molecular flexibility index (Phi) is 5.89. The molecule has 1 fully saturated rings. The van der Waals surface area contributed by atoms with E-state index >= 15 is 0 Å². The maximum Gasteiger partial charge on any atom is 0.282 e. The van der Waals surface area contributed by atoms with E-state index in [1.165, 1.54) is 16.1 Å². The van der Waals surface area contributed by atoms with Crippen molar-refractivity contribution in [2.24, 2.45) is 0 Å². The fourth-order valence-electron chi connectivity index (χ4n) is 3.71. The zero-order chi connectivity index (χ0) is 22.7. The van der Waals surface area contributed by atoms with Gasteiger partial charge < -0.3 is 10.2 Å². The molecule has 4 rings (SSSR count). The summed E-state index contributed by atoms with van der Waals surface area (Å²) in [6, 6.07) is 16.9. The standard InChI is InChI=1S/C25H24N4O3/c1-3-22-24(31)27(2)29(25(22)32)21-11-9-20(10-12-21)26-23(30)17-28-15-13-19(14-16-28)18-7-5-4-6-8-18/h3-15H,16-17H2,1-2H3,(H,26,30)/b22-3+. The second kappa shape index (κ2) is 8.93. The molecule has 0 bridgehead atoms. The fourth-order valence-corrected chi connectivity index (χ4v) is 3.71. The first kappa shape index (κ1) is 21.1. The van der Waals surface area contributed by atoms with Gasteiger partial charge in [-0.05, 0) is 48.4 Å². The summed E-state index contributed by atoms with van der Waals surface area (Å²) in [5, 5.41) is 5.47. The van der Waals surface area contributed by atoms with Crippen LogP contribution in [-0.2, 0) is 14.4 Å². The Hall–Kier alpha value is -4.13. The smallest absolute Gasteiger partial charge is 0.282 e. The van der Waals surface area contributed by atoms with E-state index in [1.807, 2.05) is 35.4 Å². The molecule has 2 aromatic rings. The Morgan fingerprint density at radius 2 is 1.75 bits per heavy atom. The number of rotatable bonds is 5. The molecule has 2 heterocycles. The molecule has 1 N–H and O–H groups in total. The number of nitrogens with zero attached hydrogens (tertiary/aromatic N) is 3. The molecule has 162 valence electrons. The van der Waals surface area contributed by atoms with Crippen molar-refractivity contribution < 1.29 is 14.4 Å². The number of carbonyl (C=O) groups excluding carboxylic acids is 3. The molecule has 0 saturated carbocycles. The van der Waals surface area contributed by atoms with E-state index in [4.69, 9.17) is 0 Å². The van der Waals surface area contributed by atoms with Gasteiger partial charge in [0.15, 0.2) is 0 Å². The summed E-state index contributed by atoms with van der Waals surface area (Å²) in [5.74, 6) is -0.842. The van der Waals surface area contributed by atoms with Crippen LogP contribution in [0.2, 0.25) is 0 Å². The minimum absolute atomic E-state index is 0.139. The molecule has 0 atom stereocenters. The maximum atomic E-state index is 12.5. The lowest BCUT2D eigenvalue weighted by molar-refractivity contribution is -0.124. The molecule has 2 aliphatic rings. The van der Waals surface area contributed by atoms with Gasteiger partial charge in [0.2, 0.25) is 5.91 Å². The molecule has 0 aromatic heterocycles. The van der Waals surface area contributed by atoms with E-state index in [1.54, 1.807) is 38.2 Å². The number of benzene rings is 2. The molecular weight excluding hydrogens is 404 g/mol. The van der Waals surface area contributed by atoms with Crippen molar-refractivity contribution in [3.8, 4) is 0 Å². The minimum Gasteiger partial charge on any atom is -0.364 e. The van der Waals surface area contributed by atoms with Gasteiger partial charge in [-0.15, -0.1) is 0 Å². The first-order valence-electron chi connectivity index (χ1n) is 10.3.